The maximum atomic E-state index is 12.2. The zero-order chi connectivity index (χ0) is 40.6. The summed E-state index contributed by atoms with van der Waals surface area (Å²) in [6, 6.07) is 13.3. The molecule has 2 saturated heterocycles. The maximum absolute atomic E-state index is 12.2. The van der Waals surface area contributed by atoms with Crippen molar-refractivity contribution < 1.29 is 38.6 Å². The molecule has 1 amide bonds. The number of likely N-dealkylation sites (tertiary alicyclic amines) is 1. The van der Waals surface area contributed by atoms with Crippen LogP contribution in [0.15, 0.2) is 71.0 Å². The zero-order valence-corrected chi connectivity index (χ0v) is 34.6. The molecule has 3 atom stereocenters. The van der Waals surface area contributed by atoms with Gasteiger partial charge >= 0.3 is 18.0 Å². The minimum absolute atomic E-state index is 0.0347. The molecule has 3 aliphatic heterocycles. The molecule has 15 heteroatoms. The van der Waals surface area contributed by atoms with Gasteiger partial charge in [0.1, 0.15) is 28.9 Å². The fraction of sp³-hybridized carbons (Fsp3) is 0.513. The number of nitrogens with one attached hydrogen (secondary N) is 1. The van der Waals surface area contributed by atoms with E-state index in [2.05, 4.69) is 22.2 Å². The summed E-state index contributed by atoms with van der Waals surface area (Å²) in [4.78, 5) is 43.6. The Bertz CT molecular complexity index is 1710. The van der Waals surface area contributed by atoms with Gasteiger partial charge < -0.3 is 29.6 Å². The lowest BCUT2D eigenvalue weighted by atomic mass is 9.92. The number of carbonyl (C=O) groups is 3. The van der Waals surface area contributed by atoms with Gasteiger partial charge in [-0.05, 0) is 86.6 Å². The second-order valence-electron chi connectivity index (χ2n) is 16.2. The Hall–Kier alpha value is -3.84. The number of hydrogen-bond acceptors (Lipinski definition) is 11. The predicted molar refractivity (Wildman–Crippen MR) is 211 cm³/mol. The van der Waals surface area contributed by atoms with Crippen molar-refractivity contribution in [1.29, 1.82) is 0 Å². The van der Waals surface area contributed by atoms with Gasteiger partial charge in [0.05, 0.1) is 5.71 Å². The van der Waals surface area contributed by atoms with Crippen LogP contribution in [0.4, 0.5) is 4.79 Å². The zero-order valence-electron chi connectivity index (χ0n) is 32.3. The van der Waals surface area contributed by atoms with Crippen LogP contribution < -0.4 is 5.32 Å². The largest absolute Gasteiger partial charge is 0.459 e. The van der Waals surface area contributed by atoms with Crippen molar-refractivity contribution in [1.82, 2.24) is 10.2 Å². The molecule has 0 bridgehead atoms. The van der Waals surface area contributed by atoms with Gasteiger partial charge in [0.15, 0.2) is 10.8 Å². The highest BCUT2D eigenvalue weighted by molar-refractivity contribution is 6.69. The Kier molecular flexibility index (Phi) is 15.0. The van der Waals surface area contributed by atoms with Crippen molar-refractivity contribution in [3.8, 4) is 0 Å². The van der Waals surface area contributed by atoms with Crippen LogP contribution in [-0.2, 0) is 28.6 Å². The molecule has 2 N–H and O–H groups in total. The van der Waals surface area contributed by atoms with E-state index in [-0.39, 0.29) is 17.2 Å². The van der Waals surface area contributed by atoms with E-state index in [9.17, 15) is 14.4 Å². The molecule has 296 valence electrons. The van der Waals surface area contributed by atoms with E-state index in [1.54, 1.807) is 65.8 Å². The number of rotatable bonds is 4. The number of nitrogens with zero attached hydrogens (tertiary/aromatic N) is 3. The molecule has 0 aliphatic carbocycles. The quantitative estimate of drug-likeness (QED) is 0.0775. The Morgan fingerprint density at radius 2 is 1.50 bits per heavy atom. The molecule has 5 rings (SSSR count). The summed E-state index contributed by atoms with van der Waals surface area (Å²) < 4.78 is 16.1. The average molecular weight is 810 g/mol. The highest BCUT2D eigenvalue weighted by Crippen LogP contribution is 2.35. The van der Waals surface area contributed by atoms with Gasteiger partial charge in [-0.2, -0.15) is 0 Å². The molecule has 0 unspecified atom stereocenters. The molecule has 3 heterocycles. The van der Waals surface area contributed by atoms with Gasteiger partial charge in [0.2, 0.25) is 0 Å². The molecule has 0 radical (unpaired) electrons. The van der Waals surface area contributed by atoms with E-state index < -0.39 is 40.5 Å². The molecule has 54 heavy (non-hydrogen) atoms. The van der Waals surface area contributed by atoms with Gasteiger partial charge in [-0.15, -0.1) is 0 Å². The van der Waals surface area contributed by atoms with Crippen LogP contribution in [-0.4, -0.2) is 86.6 Å². The van der Waals surface area contributed by atoms with E-state index in [0.29, 0.717) is 48.0 Å². The van der Waals surface area contributed by atoms with E-state index >= 15 is 0 Å². The molecule has 3 aliphatic rings. The van der Waals surface area contributed by atoms with Crippen molar-refractivity contribution in [3.63, 3.8) is 0 Å². The van der Waals surface area contributed by atoms with Crippen LogP contribution in [0.5, 0.6) is 0 Å². The minimum Gasteiger partial charge on any atom is -0.459 e. The summed E-state index contributed by atoms with van der Waals surface area (Å²) in [7, 11) is 0. The fourth-order valence-electron chi connectivity index (χ4n) is 5.48. The van der Waals surface area contributed by atoms with Gasteiger partial charge in [0.25, 0.3) is 0 Å². The van der Waals surface area contributed by atoms with Gasteiger partial charge in [-0.3, -0.25) is 9.69 Å². The first kappa shape index (κ1) is 44.6. The third kappa shape index (κ3) is 14.1. The number of amides is 1. The number of halogens is 3. The molecule has 2 aromatic carbocycles. The second-order valence-corrected chi connectivity index (χ2v) is 17.4. The summed E-state index contributed by atoms with van der Waals surface area (Å²) in [6.45, 7) is 21.1. The minimum atomic E-state index is -0.642. The number of benzene rings is 2. The van der Waals surface area contributed by atoms with Crippen LogP contribution >= 0.6 is 34.8 Å². The number of carbonyl (C=O) groups excluding carboxylic acids is 3. The molecular formula is C39H51Cl3N4O8. The van der Waals surface area contributed by atoms with Gasteiger partial charge in [0, 0.05) is 53.5 Å². The number of hydrogen-bond donors (Lipinski definition) is 2. The molecule has 1 spiro atoms. The molecule has 0 saturated carbocycles. The van der Waals surface area contributed by atoms with E-state index in [0.717, 1.165) is 16.8 Å². The molecule has 2 fully saturated rings. The Morgan fingerprint density at radius 1 is 0.926 bits per heavy atom. The lowest BCUT2D eigenvalue weighted by Gasteiger charge is -2.29. The summed E-state index contributed by atoms with van der Waals surface area (Å²) in [5.74, 6) is -0.656. The highest BCUT2D eigenvalue weighted by atomic mass is 35.5. The van der Waals surface area contributed by atoms with Crippen molar-refractivity contribution in [2.45, 2.75) is 116 Å². The average Bonchev–Trinajstić information content (AvgIpc) is 3.78. The summed E-state index contributed by atoms with van der Waals surface area (Å²) in [5.41, 5.74) is 1.09. The summed E-state index contributed by atoms with van der Waals surface area (Å²) in [6.07, 6.45) is 1.12. The Labute approximate surface area is 332 Å². The second kappa shape index (κ2) is 18.2. The van der Waals surface area contributed by atoms with Crippen LogP contribution in [0.1, 0.15) is 92.7 Å². The molecular weight excluding hydrogens is 759 g/mol. The highest BCUT2D eigenvalue weighted by Gasteiger charge is 2.49. The van der Waals surface area contributed by atoms with Crippen LogP contribution in [0.2, 0.25) is 10.0 Å². The third-order valence-corrected chi connectivity index (χ3v) is 8.41. The smallest absolute Gasteiger partial charge is 0.411 e. The van der Waals surface area contributed by atoms with Crippen molar-refractivity contribution in [3.05, 3.63) is 81.9 Å². The Balaban J connectivity index is 0.000000231. The van der Waals surface area contributed by atoms with Crippen molar-refractivity contribution in [2.75, 3.05) is 13.1 Å². The monoisotopic (exact) mass is 808 g/mol. The number of ether oxygens (including phenoxy) is 3. The molecule has 2 aromatic rings. The maximum Gasteiger partial charge on any atom is 0.411 e. The molecule has 12 nitrogen and oxygen atoms in total. The normalized spacial score (nSPS) is 21.3. The van der Waals surface area contributed by atoms with Gasteiger partial charge in [-0.25, -0.2) is 9.59 Å². The summed E-state index contributed by atoms with van der Waals surface area (Å²) in [5, 5.41) is 19.8. The molecule has 0 aromatic heterocycles. The van der Waals surface area contributed by atoms with E-state index in [1.165, 1.54) is 4.90 Å². The first-order chi connectivity index (χ1) is 24.9. The van der Waals surface area contributed by atoms with Crippen LogP contribution in [0, 0.1) is 0 Å². The van der Waals surface area contributed by atoms with Gasteiger partial charge in [-0.1, -0.05) is 81.5 Å². The number of oxime groups is 2. The van der Waals surface area contributed by atoms with Crippen LogP contribution in [0.25, 0.3) is 0 Å². The Morgan fingerprint density at radius 3 is 2.06 bits per heavy atom. The van der Waals surface area contributed by atoms with Crippen molar-refractivity contribution >= 4 is 63.7 Å². The fourth-order valence-corrected chi connectivity index (χ4v) is 5.98. The lowest BCUT2D eigenvalue weighted by molar-refractivity contribution is -0.160. The lowest BCUT2D eigenvalue weighted by Crippen LogP contribution is -2.45. The van der Waals surface area contributed by atoms with Crippen molar-refractivity contribution in [2.24, 2.45) is 10.3 Å². The van der Waals surface area contributed by atoms with E-state index in [4.69, 9.17) is 59.1 Å². The standard InChI is InChI=1S/C17H21ClN2O3.C15H25NO4.C7H5Cl2NO/c1-16(2,3)22-15(21)14-9-17(10-19-14)8-13(20-23-17)11-5-4-6-12(18)7-11;1-10-8-11(12(17)19-14(2,3)4)16(9-10)13(18)20-15(5,6)7;8-6-3-1-2-5(4-6)7(9)10-11/h4-7,14,19H,8-10H2,1-3H3;11H,1,8-9H2,2-7H3;1-4,11H/b;;10-7-/t14-,17+;11-;/m00./s1. The van der Waals surface area contributed by atoms with E-state index in [1.807, 2.05) is 45.0 Å². The third-order valence-electron chi connectivity index (χ3n) is 7.64. The van der Waals surface area contributed by atoms with Crippen LogP contribution in [0.3, 0.4) is 0 Å². The topological polar surface area (TPSA) is 148 Å². The summed E-state index contributed by atoms with van der Waals surface area (Å²) >= 11 is 17.2. The first-order valence-corrected chi connectivity index (χ1v) is 18.5. The SMILES string of the molecule is C=C1C[C@@H](C(=O)OC(C)(C)C)N(C(=O)OC(C)(C)C)C1.CC(C)(C)OC(=O)[C@@H]1C[C@@]2(CN1)CC(c1cccc(Cl)c1)=NO2.O/N=C(\Cl)c1cccc(Cl)c1. The number of esters is 2. The first-order valence-electron chi connectivity index (χ1n) is 17.4. The predicted octanol–water partition coefficient (Wildman–Crippen LogP) is 8.52.